The van der Waals surface area contributed by atoms with E-state index in [0.29, 0.717) is 12.2 Å². The third-order valence-electron chi connectivity index (χ3n) is 2.59. The molecule has 1 N–H and O–H groups in total. The second-order valence-corrected chi connectivity index (χ2v) is 3.58. The molecule has 6 heteroatoms. The van der Waals surface area contributed by atoms with E-state index in [1.165, 1.54) is 0 Å². The minimum Gasteiger partial charge on any atom is -0.331 e. The molecule has 0 amide bonds. The van der Waals surface area contributed by atoms with Gasteiger partial charge in [0.1, 0.15) is 5.82 Å². The molecule has 2 aromatic heterocycles. The van der Waals surface area contributed by atoms with Gasteiger partial charge in [0, 0.05) is 7.05 Å². The third kappa shape index (κ3) is 1.35. The zero-order valence-corrected chi connectivity index (χ0v) is 8.75. The summed E-state index contributed by atoms with van der Waals surface area (Å²) in [6, 6.07) is 8.02. The van der Waals surface area contributed by atoms with Gasteiger partial charge in [-0.2, -0.15) is 5.21 Å². The van der Waals surface area contributed by atoms with E-state index in [-0.39, 0.29) is 0 Å². The van der Waals surface area contributed by atoms with Gasteiger partial charge in [0.2, 0.25) is 0 Å². The summed E-state index contributed by atoms with van der Waals surface area (Å²) >= 11 is 0. The van der Waals surface area contributed by atoms with Gasteiger partial charge in [-0.15, -0.1) is 10.2 Å². The molecule has 0 atom stereocenters. The van der Waals surface area contributed by atoms with E-state index in [2.05, 4.69) is 25.6 Å². The second kappa shape index (κ2) is 3.41. The van der Waals surface area contributed by atoms with Crippen LogP contribution in [0.3, 0.4) is 0 Å². The number of H-pyrrole nitrogens is 1. The van der Waals surface area contributed by atoms with Crippen molar-refractivity contribution in [2.45, 2.75) is 6.42 Å². The number of imidazole rings is 1. The Bertz CT molecular complexity index is 609. The Morgan fingerprint density at radius 1 is 1.31 bits per heavy atom. The molecule has 0 unspecified atom stereocenters. The summed E-state index contributed by atoms with van der Waals surface area (Å²) in [7, 11) is 1.99. The number of benzene rings is 1. The first kappa shape index (κ1) is 9.02. The largest absolute Gasteiger partial charge is 0.331 e. The Morgan fingerprint density at radius 3 is 2.94 bits per heavy atom. The Morgan fingerprint density at radius 2 is 2.19 bits per heavy atom. The van der Waals surface area contributed by atoms with Gasteiger partial charge in [-0.3, -0.25) is 0 Å². The molecule has 80 valence electrons. The number of hydrogen-bond donors (Lipinski definition) is 1. The predicted octanol–water partition coefficient (Wildman–Crippen LogP) is 0.677. The van der Waals surface area contributed by atoms with Crippen LogP contribution < -0.4 is 0 Å². The molecule has 0 fully saturated rings. The maximum atomic E-state index is 4.53. The van der Waals surface area contributed by atoms with Crippen LogP contribution in [0.4, 0.5) is 0 Å². The molecular formula is C10H10N6. The lowest BCUT2D eigenvalue weighted by Crippen LogP contribution is -2.00. The quantitative estimate of drug-likeness (QED) is 0.680. The van der Waals surface area contributed by atoms with Crippen molar-refractivity contribution in [2.24, 2.45) is 7.05 Å². The lowest BCUT2D eigenvalue weighted by molar-refractivity contribution is 0.814. The minimum atomic E-state index is 0.585. The molecule has 0 bridgehead atoms. The molecule has 2 heterocycles. The molecule has 0 aliphatic heterocycles. The van der Waals surface area contributed by atoms with Gasteiger partial charge in [0.25, 0.3) is 0 Å². The third-order valence-corrected chi connectivity index (χ3v) is 2.59. The SMILES string of the molecule is Cn1c(Cc2nn[nH]n2)nc2ccccc21. The highest BCUT2D eigenvalue weighted by molar-refractivity contribution is 5.75. The van der Waals surface area contributed by atoms with E-state index >= 15 is 0 Å². The Kier molecular flexibility index (Phi) is 1.92. The summed E-state index contributed by atoms with van der Waals surface area (Å²) < 4.78 is 2.05. The molecule has 1 aromatic carbocycles. The topological polar surface area (TPSA) is 72.3 Å². The van der Waals surface area contributed by atoms with Gasteiger partial charge < -0.3 is 4.57 Å². The first-order chi connectivity index (χ1) is 7.84. The highest BCUT2D eigenvalue weighted by Crippen LogP contribution is 2.15. The zero-order valence-electron chi connectivity index (χ0n) is 8.75. The van der Waals surface area contributed by atoms with Gasteiger partial charge in [-0.05, 0) is 12.1 Å². The Balaban J connectivity index is 2.07. The summed E-state index contributed by atoms with van der Waals surface area (Å²) in [5.74, 6) is 1.58. The predicted molar refractivity (Wildman–Crippen MR) is 57.7 cm³/mol. The number of aryl methyl sites for hydroxylation is 1. The highest BCUT2D eigenvalue weighted by atomic mass is 15.5. The van der Waals surface area contributed by atoms with Crippen LogP contribution in [0.15, 0.2) is 24.3 Å². The molecule has 0 aliphatic carbocycles. The molecule has 0 saturated carbocycles. The summed E-state index contributed by atoms with van der Waals surface area (Å²) in [6.07, 6.45) is 0.585. The number of nitrogens with zero attached hydrogens (tertiary/aromatic N) is 5. The molecule has 0 radical (unpaired) electrons. The van der Waals surface area contributed by atoms with Crippen LogP contribution in [0.1, 0.15) is 11.6 Å². The fraction of sp³-hybridized carbons (Fsp3) is 0.200. The number of rotatable bonds is 2. The first-order valence-corrected chi connectivity index (χ1v) is 4.97. The maximum Gasteiger partial charge on any atom is 0.182 e. The van der Waals surface area contributed by atoms with Crippen molar-refractivity contribution in [2.75, 3.05) is 0 Å². The molecule has 16 heavy (non-hydrogen) atoms. The van der Waals surface area contributed by atoms with Crippen molar-refractivity contribution < 1.29 is 0 Å². The van der Waals surface area contributed by atoms with Crippen LogP contribution in [0.2, 0.25) is 0 Å². The molecule has 3 aromatic rings. The van der Waals surface area contributed by atoms with Crippen LogP contribution >= 0.6 is 0 Å². The minimum absolute atomic E-state index is 0.585. The van der Waals surface area contributed by atoms with Crippen molar-refractivity contribution in [3.8, 4) is 0 Å². The number of aromatic amines is 1. The monoisotopic (exact) mass is 214 g/mol. The van der Waals surface area contributed by atoms with E-state index < -0.39 is 0 Å². The van der Waals surface area contributed by atoms with Crippen LogP contribution in [0.5, 0.6) is 0 Å². The number of nitrogens with one attached hydrogen (secondary N) is 1. The molecule has 0 spiro atoms. The maximum absolute atomic E-state index is 4.53. The summed E-state index contributed by atoms with van der Waals surface area (Å²) in [4.78, 5) is 4.53. The molecule has 6 nitrogen and oxygen atoms in total. The van der Waals surface area contributed by atoms with E-state index in [1.54, 1.807) is 0 Å². The average Bonchev–Trinajstić information content (AvgIpc) is 2.90. The Labute approximate surface area is 91.3 Å². The standard InChI is InChI=1S/C10H10N6/c1-16-8-5-3-2-4-7(8)11-10(16)6-9-12-14-15-13-9/h2-5H,6H2,1H3,(H,12,13,14,15). The van der Waals surface area contributed by atoms with Gasteiger partial charge in [0.15, 0.2) is 5.82 Å². The fourth-order valence-corrected chi connectivity index (χ4v) is 1.75. The number of tetrazole rings is 1. The number of hydrogen-bond acceptors (Lipinski definition) is 4. The summed E-state index contributed by atoms with van der Waals surface area (Å²) in [5, 5.41) is 13.8. The Hall–Kier alpha value is -2.24. The average molecular weight is 214 g/mol. The van der Waals surface area contributed by atoms with Gasteiger partial charge in [-0.1, -0.05) is 17.3 Å². The van der Waals surface area contributed by atoms with E-state index in [0.717, 1.165) is 16.9 Å². The molecule has 0 aliphatic rings. The lowest BCUT2D eigenvalue weighted by Gasteiger charge is -1.98. The van der Waals surface area contributed by atoms with Crippen molar-refractivity contribution in [1.82, 2.24) is 30.2 Å². The normalized spacial score (nSPS) is 11.1. The summed E-state index contributed by atoms with van der Waals surface area (Å²) in [6.45, 7) is 0. The smallest absolute Gasteiger partial charge is 0.182 e. The van der Waals surface area contributed by atoms with Crippen LogP contribution in [-0.4, -0.2) is 30.2 Å². The number of fused-ring (bicyclic) bond motifs is 1. The van der Waals surface area contributed by atoms with E-state index in [4.69, 9.17) is 0 Å². The lowest BCUT2D eigenvalue weighted by atomic mass is 10.3. The highest BCUT2D eigenvalue weighted by Gasteiger charge is 2.09. The summed E-state index contributed by atoms with van der Waals surface area (Å²) in [5.41, 5.74) is 2.10. The van der Waals surface area contributed by atoms with Gasteiger partial charge in [-0.25, -0.2) is 4.98 Å². The fourth-order valence-electron chi connectivity index (χ4n) is 1.75. The van der Waals surface area contributed by atoms with Gasteiger partial charge >= 0.3 is 0 Å². The van der Waals surface area contributed by atoms with Crippen molar-refractivity contribution in [3.05, 3.63) is 35.9 Å². The van der Waals surface area contributed by atoms with Gasteiger partial charge in [0.05, 0.1) is 17.5 Å². The van der Waals surface area contributed by atoms with E-state index in [1.807, 2.05) is 35.9 Å². The van der Waals surface area contributed by atoms with Crippen LogP contribution in [-0.2, 0) is 13.5 Å². The second-order valence-electron chi connectivity index (χ2n) is 3.58. The van der Waals surface area contributed by atoms with E-state index in [9.17, 15) is 0 Å². The number of para-hydroxylation sites is 2. The molecule has 0 saturated heterocycles. The molecular weight excluding hydrogens is 204 g/mol. The molecule has 3 rings (SSSR count). The zero-order chi connectivity index (χ0) is 11.0. The number of aromatic nitrogens is 6. The van der Waals surface area contributed by atoms with Crippen LogP contribution in [0.25, 0.3) is 11.0 Å². The van der Waals surface area contributed by atoms with Crippen molar-refractivity contribution >= 4 is 11.0 Å². The van der Waals surface area contributed by atoms with Crippen LogP contribution in [0, 0.1) is 0 Å². The van der Waals surface area contributed by atoms with Crippen molar-refractivity contribution in [3.63, 3.8) is 0 Å². The first-order valence-electron chi connectivity index (χ1n) is 4.97. The van der Waals surface area contributed by atoms with Crippen molar-refractivity contribution in [1.29, 1.82) is 0 Å².